The molecule has 3 N–H and O–H groups in total. The highest BCUT2D eigenvalue weighted by Gasteiger charge is 2.08. The van der Waals surface area contributed by atoms with Crippen molar-refractivity contribution in [2.75, 3.05) is 5.73 Å². The van der Waals surface area contributed by atoms with Gasteiger partial charge in [0, 0.05) is 6.42 Å². The van der Waals surface area contributed by atoms with Crippen molar-refractivity contribution in [3.05, 3.63) is 52.6 Å². The number of nitrogens with one attached hydrogen (secondary N) is 1. The molecule has 3 rings (SSSR count). The summed E-state index contributed by atoms with van der Waals surface area (Å²) in [6, 6.07) is 10.3. The van der Waals surface area contributed by atoms with E-state index in [-0.39, 0.29) is 0 Å². The minimum Gasteiger partial charge on any atom is -0.374 e. The molecule has 0 amide bonds. The minimum atomic E-state index is 0.476. The van der Waals surface area contributed by atoms with Crippen LogP contribution in [0.25, 0.3) is 0 Å². The lowest BCUT2D eigenvalue weighted by atomic mass is 10.1. The summed E-state index contributed by atoms with van der Waals surface area (Å²) in [5, 5.41) is 16.2. The number of benzene rings is 1. The Morgan fingerprint density at radius 3 is 2.70 bits per heavy atom. The molecule has 7 heteroatoms. The van der Waals surface area contributed by atoms with Crippen molar-refractivity contribution in [3.63, 3.8) is 0 Å². The van der Waals surface area contributed by atoms with E-state index < -0.39 is 0 Å². The number of rotatable bonds is 5. The molecular formula is C13H14N6S. The Hall–Kier alpha value is -2.28. The monoisotopic (exact) mass is 286 g/mol. The number of hydrogen-bond acceptors (Lipinski definition) is 6. The lowest BCUT2D eigenvalue weighted by molar-refractivity contribution is 0.865. The fraction of sp³-hybridized carbons (Fsp3) is 0.231. The molecule has 0 aliphatic carbocycles. The summed E-state index contributed by atoms with van der Waals surface area (Å²) >= 11 is 1.37. The van der Waals surface area contributed by atoms with Gasteiger partial charge in [0.2, 0.25) is 5.13 Å². The standard InChI is InChI=1S/C13H14N6S/c14-13-19-18-12(20-13)8-11-15-10(16-17-11)7-6-9-4-2-1-3-5-9/h1-5H,6-8H2,(H2,14,19)(H,15,16,17). The molecule has 6 nitrogen and oxygen atoms in total. The summed E-state index contributed by atoms with van der Waals surface area (Å²) in [6.07, 6.45) is 2.34. The van der Waals surface area contributed by atoms with Crippen LogP contribution in [-0.4, -0.2) is 25.4 Å². The van der Waals surface area contributed by atoms with Gasteiger partial charge in [-0.1, -0.05) is 41.7 Å². The fourth-order valence-corrected chi connectivity index (χ4v) is 2.52. The third kappa shape index (κ3) is 3.18. The SMILES string of the molecule is Nc1nnc(Cc2nc(CCc3ccccc3)n[nH]2)s1. The Bertz CT molecular complexity index is 675. The average molecular weight is 286 g/mol. The van der Waals surface area contributed by atoms with Crippen molar-refractivity contribution >= 4 is 16.5 Å². The van der Waals surface area contributed by atoms with Crippen LogP contribution in [0.1, 0.15) is 22.2 Å². The Balaban J connectivity index is 1.59. The molecule has 2 heterocycles. The van der Waals surface area contributed by atoms with Crippen molar-refractivity contribution in [2.45, 2.75) is 19.3 Å². The maximum absolute atomic E-state index is 5.55. The van der Waals surface area contributed by atoms with Gasteiger partial charge in [-0.3, -0.25) is 5.10 Å². The summed E-state index contributed by atoms with van der Waals surface area (Å²) < 4.78 is 0. The van der Waals surface area contributed by atoms with E-state index in [1.54, 1.807) is 0 Å². The molecule has 1 aromatic carbocycles. The van der Waals surface area contributed by atoms with E-state index >= 15 is 0 Å². The average Bonchev–Trinajstić information content (AvgIpc) is 3.08. The van der Waals surface area contributed by atoms with Crippen LogP contribution in [0.4, 0.5) is 5.13 Å². The van der Waals surface area contributed by atoms with Crippen molar-refractivity contribution in [3.8, 4) is 0 Å². The summed E-state index contributed by atoms with van der Waals surface area (Å²) in [6.45, 7) is 0. The molecule has 0 unspecified atom stereocenters. The van der Waals surface area contributed by atoms with Gasteiger partial charge in [-0.05, 0) is 12.0 Å². The predicted molar refractivity (Wildman–Crippen MR) is 77.4 cm³/mol. The zero-order valence-corrected chi connectivity index (χ0v) is 11.6. The molecule has 0 spiro atoms. The van der Waals surface area contributed by atoms with Crippen LogP contribution in [0.3, 0.4) is 0 Å². The first kappa shape index (κ1) is 12.7. The second-order valence-corrected chi connectivity index (χ2v) is 5.49. The number of aryl methyl sites for hydroxylation is 2. The van der Waals surface area contributed by atoms with E-state index in [9.17, 15) is 0 Å². The second kappa shape index (κ2) is 5.79. The molecule has 0 fully saturated rings. The first-order valence-electron chi connectivity index (χ1n) is 6.31. The van der Waals surface area contributed by atoms with Gasteiger partial charge in [-0.2, -0.15) is 5.10 Å². The first-order valence-corrected chi connectivity index (χ1v) is 7.13. The quantitative estimate of drug-likeness (QED) is 0.743. The van der Waals surface area contributed by atoms with Crippen LogP contribution in [-0.2, 0) is 19.3 Å². The third-order valence-corrected chi connectivity index (χ3v) is 3.61. The zero-order valence-electron chi connectivity index (χ0n) is 10.8. The maximum Gasteiger partial charge on any atom is 0.203 e. The number of nitrogens with zero attached hydrogens (tertiary/aromatic N) is 4. The smallest absolute Gasteiger partial charge is 0.203 e. The van der Waals surface area contributed by atoms with Gasteiger partial charge in [-0.15, -0.1) is 10.2 Å². The lowest BCUT2D eigenvalue weighted by Crippen LogP contribution is -1.94. The summed E-state index contributed by atoms with van der Waals surface area (Å²) in [4.78, 5) is 4.46. The van der Waals surface area contributed by atoms with E-state index in [4.69, 9.17) is 5.73 Å². The van der Waals surface area contributed by atoms with Crippen LogP contribution in [0.2, 0.25) is 0 Å². The van der Waals surface area contributed by atoms with Gasteiger partial charge in [-0.25, -0.2) is 4.98 Å². The molecule has 0 aliphatic rings. The number of anilines is 1. The van der Waals surface area contributed by atoms with Crippen LogP contribution >= 0.6 is 11.3 Å². The van der Waals surface area contributed by atoms with E-state index in [2.05, 4.69) is 37.5 Å². The summed E-state index contributed by atoms with van der Waals surface area (Å²) in [5.41, 5.74) is 6.84. The number of aromatic amines is 1. The largest absolute Gasteiger partial charge is 0.374 e. The highest BCUT2D eigenvalue weighted by molar-refractivity contribution is 7.15. The normalized spacial score (nSPS) is 10.8. The lowest BCUT2D eigenvalue weighted by Gasteiger charge is -1.96. The molecular weight excluding hydrogens is 272 g/mol. The van der Waals surface area contributed by atoms with Gasteiger partial charge < -0.3 is 5.73 Å². The minimum absolute atomic E-state index is 0.476. The molecule has 102 valence electrons. The Morgan fingerprint density at radius 1 is 1.10 bits per heavy atom. The van der Waals surface area contributed by atoms with Gasteiger partial charge in [0.15, 0.2) is 5.82 Å². The Morgan fingerprint density at radius 2 is 1.95 bits per heavy atom. The third-order valence-electron chi connectivity index (χ3n) is 2.86. The maximum atomic E-state index is 5.55. The van der Waals surface area contributed by atoms with E-state index in [0.29, 0.717) is 11.6 Å². The van der Waals surface area contributed by atoms with Crippen LogP contribution in [0, 0.1) is 0 Å². The van der Waals surface area contributed by atoms with E-state index in [1.807, 2.05) is 18.2 Å². The number of nitrogen functional groups attached to an aromatic ring is 1. The first-order chi connectivity index (χ1) is 9.79. The second-order valence-electron chi connectivity index (χ2n) is 4.39. The number of nitrogens with two attached hydrogens (primary N) is 1. The van der Waals surface area contributed by atoms with Crippen LogP contribution in [0.15, 0.2) is 30.3 Å². The number of aromatic nitrogens is 5. The number of H-pyrrole nitrogens is 1. The van der Waals surface area contributed by atoms with E-state index in [0.717, 1.165) is 29.5 Å². The van der Waals surface area contributed by atoms with Crippen LogP contribution in [0.5, 0.6) is 0 Å². The van der Waals surface area contributed by atoms with Crippen molar-refractivity contribution in [1.82, 2.24) is 25.4 Å². The van der Waals surface area contributed by atoms with Crippen molar-refractivity contribution < 1.29 is 0 Å². The predicted octanol–water partition coefficient (Wildman–Crippen LogP) is 1.61. The summed E-state index contributed by atoms with van der Waals surface area (Å²) in [5.74, 6) is 1.62. The highest BCUT2D eigenvalue weighted by atomic mass is 32.1. The zero-order chi connectivity index (χ0) is 13.8. The van der Waals surface area contributed by atoms with E-state index in [1.165, 1.54) is 16.9 Å². The van der Waals surface area contributed by atoms with Gasteiger partial charge in [0.05, 0.1) is 6.42 Å². The molecule has 2 aromatic heterocycles. The Kier molecular flexibility index (Phi) is 3.69. The fourth-order valence-electron chi connectivity index (χ4n) is 1.91. The molecule has 0 saturated heterocycles. The molecule has 3 aromatic rings. The Labute approximate surface area is 120 Å². The molecule has 0 radical (unpaired) electrons. The van der Waals surface area contributed by atoms with Gasteiger partial charge in [0.25, 0.3) is 0 Å². The van der Waals surface area contributed by atoms with Crippen molar-refractivity contribution in [2.24, 2.45) is 0 Å². The summed E-state index contributed by atoms with van der Waals surface area (Å²) in [7, 11) is 0. The van der Waals surface area contributed by atoms with Gasteiger partial charge >= 0.3 is 0 Å². The molecule has 0 bridgehead atoms. The highest BCUT2D eigenvalue weighted by Crippen LogP contribution is 2.14. The molecule has 0 saturated carbocycles. The number of hydrogen-bond donors (Lipinski definition) is 2. The molecule has 0 atom stereocenters. The van der Waals surface area contributed by atoms with Gasteiger partial charge in [0.1, 0.15) is 10.8 Å². The molecule has 0 aliphatic heterocycles. The van der Waals surface area contributed by atoms with Crippen LogP contribution < -0.4 is 5.73 Å². The molecule has 20 heavy (non-hydrogen) atoms. The topological polar surface area (TPSA) is 93.4 Å². The van der Waals surface area contributed by atoms with Crippen molar-refractivity contribution in [1.29, 1.82) is 0 Å².